The van der Waals surface area contributed by atoms with Gasteiger partial charge in [0.2, 0.25) is 0 Å². The second kappa shape index (κ2) is 9.28. The Kier molecular flexibility index (Phi) is 7.60. The predicted molar refractivity (Wildman–Crippen MR) is 75.0 cm³/mol. The number of unbranched alkanes of at least 4 members (excludes halogenated alkanes) is 1. The number of hydrogen-bond donors (Lipinski definition) is 0. The lowest BCUT2D eigenvalue weighted by molar-refractivity contribution is -0.385. The molecule has 1 aromatic carbocycles. The molecule has 0 radical (unpaired) electrons. The van der Waals surface area contributed by atoms with Crippen LogP contribution in [0, 0.1) is 10.1 Å². The van der Waals surface area contributed by atoms with Crippen LogP contribution in [-0.2, 0) is 15.9 Å². The van der Waals surface area contributed by atoms with E-state index < -0.39 is 4.92 Å². The number of nitrogens with zero attached hydrogens (tertiary/aromatic N) is 1. The molecular weight excluding hydrogens is 262 g/mol. The van der Waals surface area contributed by atoms with Crippen molar-refractivity contribution in [3.63, 3.8) is 0 Å². The van der Waals surface area contributed by atoms with Crippen molar-refractivity contribution in [3.05, 3.63) is 33.9 Å². The summed E-state index contributed by atoms with van der Waals surface area (Å²) in [6, 6.07) is 4.95. The van der Waals surface area contributed by atoms with Gasteiger partial charge in [-0.15, -0.1) is 0 Å². The van der Waals surface area contributed by atoms with E-state index in [9.17, 15) is 10.1 Å². The van der Waals surface area contributed by atoms with Crippen molar-refractivity contribution in [2.45, 2.75) is 26.2 Å². The number of nitro groups is 1. The highest BCUT2D eigenvalue weighted by Gasteiger charge is 2.15. The zero-order chi connectivity index (χ0) is 14.8. The number of hydrogen-bond acceptors (Lipinski definition) is 5. The SMILES string of the molecule is CCCCOc1ccc(CCOCOC)c([N+](=O)[O-])c1. The first-order valence-corrected chi connectivity index (χ1v) is 6.65. The standard InChI is InChI=1S/C14H21NO5/c1-3-4-8-20-13-6-5-12(7-9-19-11-18-2)14(10-13)15(16)17/h5-6,10H,3-4,7-9,11H2,1-2H3. The Balaban J connectivity index is 2.67. The van der Waals surface area contributed by atoms with Crippen LogP contribution in [0.5, 0.6) is 5.75 Å². The van der Waals surface area contributed by atoms with Gasteiger partial charge in [0.25, 0.3) is 5.69 Å². The van der Waals surface area contributed by atoms with E-state index in [0.29, 0.717) is 30.9 Å². The van der Waals surface area contributed by atoms with E-state index in [1.807, 2.05) is 0 Å². The van der Waals surface area contributed by atoms with Crippen LogP contribution in [0.15, 0.2) is 18.2 Å². The smallest absolute Gasteiger partial charge is 0.276 e. The molecule has 20 heavy (non-hydrogen) atoms. The largest absolute Gasteiger partial charge is 0.493 e. The molecule has 6 heteroatoms. The number of rotatable bonds is 10. The number of nitro benzene ring substituents is 1. The van der Waals surface area contributed by atoms with E-state index in [0.717, 1.165) is 12.8 Å². The van der Waals surface area contributed by atoms with Crippen LogP contribution in [-0.4, -0.2) is 32.0 Å². The molecule has 0 heterocycles. The molecule has 0 amide bonds. The summed E-state index contributed by atoms with van der Waals surface area (Å²) in [5.41, 5.74) is 0.703. The highest BCUT2D eigenvalue weighted by atomic mass is 16.7. The molecule has 6 nitrogen and oxygen atoms in total. The molecule has 0 aromatic heterocycles. The van der Waals surface area contributed by atoms with Crippen molar-refractivity contribution >= 4 is 5.69 Å². The molecule has 0 aliphatic heterocycles. The van der Waals surface area contributed by atoms with Crippen LogP contribution in [0.3, 0.4) is 0 Å². The van der Waals surface area contributed by atoms with E-state index in [1.54, 1.807) is 12.1 Å². The fraction of sp³-hybridized carbons (Fsp3) is 0.571. The monoisotopic (exact) mass is 283 g/mol. The van der Waals surface area contributed by atoms with Gasteiger partial charge in [0.15, 0.2) is 0 Å². The molecular formula is C14H21NO5. The van der Waals surface area contributed by atoms with Gasteiger partial charge in [-0.25, -0.2) is 0 Å². The summed E-state index contributed by atoms with van der Waals surface area (Å²) in [5.74, 6) is 0.534. The number of ether oxygens (including phenoxy) is 3. The molecule has 0 saturated heterocycles. The molecule has 112 valence electrons. The third-order valence-electron chi connectivity index (χ3n) is 2.74. The van der Waals surface area contributed by atoms with Gasteiger partial charge >= 0.3 is 0 Å². The van der Waals surface area contributed by atoms with Gasteiger partial charge in [0, 0.05) is 19.1 Å². The van der Waals surface area contributed by atoms with Crippen molar-refractivity contribution in [3.8, 4) is 5.75 Å². The first kappa shape index (κ1) is 16.4. The third kappa shape index (κ3) is 5.54. The van der Waals surface area contributed by atoms with E-state index in [4.69, 9.17) is 14.2 Å². The summed E-state index contributed by atoms with van der Waals surface area (Å²) in [6.45, 7) is 3.20. The average Bonchev–Trinajstić information content (AvgIpc) is 2.44. The lowest BCUT2D eigenvalue weighted by Crippen LogP contribution is -2.04. The molecule has 0 aliphatic carbocycles. The first-order chi connectivity index (χ1) is 9.69. The fourth-order valence-corrected chi connectivity index (χ4v) is 1.67. The topological polar surface area (TPSA) is 70.8 Å². The predicted octanol–water partition coefficient (Wildman–Crippen LogP) is 2.94. The highest BCUT2D eigenvalue weighted by Crippen LogP contribution is 2.25. The van der Waals surface area contributed by atoms with Gasteiger partial charge in [-0.2, -0.15) is 0 Å². The van der Waals surface area contributed by atoms with Crippen molar-refractivity contribution in [2.75, 3.05) is 27.1 Å². The zero-order valence-corrected chi connectivity index (χ0v) is 12.0. The van der Waals surface area contributed by atoms with E-state index >= 15 is 0 Å². The molecule has 1 rings (SSSR count). The molecule has 0 spiro atoms. The Bertz CT molecular complexity index is 422. The maximum atomic E-state index is 11.1. The van der Waals surface area contributed by atoms with Crippen LogP contribution in [0.1, 0.15) is 25.3 Å². The second-order valence-electron chi connectivity index (χ2n) is 4.31. The van der Waals surface area contributed by atoms with Gasteiger partial charge in [-0.1, -0.05) is 13.3 Å². The molecule has 0 saturated carbocycles. The Morgan fingerprint density at radius 1 is 1.30 bits per heavy atom. The Hall–Kier alpha value is -1.66. The summed E-state index contributed by atoms with van der Waals surface area (Å²) in [7, 11) is 1.53. The van der Waals surface area contributed by atoms with Gasteiger partial charge in [0.1, 0.15) is 12.5 Å². The summed E-state index contributed by atoms with van der Waals surface area (Å²) in [4.78, 5) is 10.7. The zero-order valence-electron chi connectivity index (χ0n) is 12.0. The molecule has 0 atom stereocenters. The van der Waals surface area contributed by atoms with Gasteiger partial charge in [-0.3, -0.25) is 10.1 Å². The number of methoxy groups -OCH3 is 1. The van der Waals surface area contributed by atoms with Crippen molar-refractivity contribution < 1.29 is 19.1 Å². The lowest BCUT2D eigenvalue weighted by atomic mass is 10.1. The lowest BCUT2D eigenvalue weighted by Gasteiger charge is -2.08. The quantitative estimate of drug-likeness (QED) is 0.286. The van der Waals surface area contributed by atoms with Crippen LogP contribution in [0.2, 0.25) is 0 Å². The first-order valence-electron chi connectivity index (χ1n) is 6.65. The maximum Gasteiger partial charge on any atom is 0.276 e. The summed E-state index contributed by atoms with van der Waals surface area (Å²) >= 11 is 0. The minimum absolute atomic E-state index is 0.0695. The number of benzene rings is 1. The molecule has 0 unspecified atom stereocenters. The maximum absolute atomic E-state index is 11.1. The van der Waals surface area contributed by atoms with Gasteiger partial charge in [0.05, 0.1) is 24.2 Å². The second-order valence-corrected chi connectivity index (χ2v) is 4.31. The van der Waals surface area contributed by atoms with E-state index in [2.05, 4.69) is 6.92 Å². The minimum Gasteiger partial charge on any atom is -0.493 e. The van der Waals surface area contributed by atoms with Crippen molar-refractivity contribution in [1.82, 2.24) is 0 Å². The molecule has 0 bridgehead atoms. The van der Waals surface area contributed by atoms with E-state index in [-0.39, 0.29) is 12.5 Å². The normalized spacial score (nSPS) is 10.5. The van der Waals surface area contributed by atoms with Crippen molar-refractivity contribution in [2.24, 2.45) is 0 Å². The fourth-order valence-electron chi connectivity index (χ4n) is 1.67. The highest BCUT2D eigenvalue weighted by molar-refractivity contribution is 5.46. The summed E-state index contributed by atoms with van der Waals surface area (Å²) in [6.07, 6.45) is 2.42. The van der Waals surface area contributed by atoms with Crippen LogP contribution >= 0.6 is 0 Å². The van der Waals surface area contributed by atoms with E-state index in [1.165, 1.54) is 13.2 Å². The Labute approximate surface area is 118 Å². The molecule has 0 aliphatic rings. The van der Waals surface area contributed by atoms with Crippen LogP contribution in [0.25, 0.3) is 0 Å². The third-order valence-corrected chi connectivity index (χ3v) is 2.74. The van der Waals surface area contributed by atoms with Gasteiger partial charge < -0.3 is 14.2 Å². The Morgan fingerprint density at radius 3 is 2.75 bits per heavy atom. The molecule has 1 aromatic rings. The summed E-state index contributed by atoms with van der Waals surface area (Å²) in [5, 5.41) is 11.1. The summed E-state index contributed by atoms with van der Waals surface area (Å²) < 4.78 is 15.4. The van der Waals surface area contributed by atoms with Crippen molar-refractivity contribution in [1.29, 1.82) is 0 Å². The minimum atomic E-state index is -0.391. The molecule has 0 N–H and O–H groups in total. The average molecular weight is 283 g/mol. The Morgan fingerprint density at radius 2 is 2.10 bits per heavy atom. The van der Waals surface area contributed by atoms with Crippen LogP contribution < -0.4 is 4.74 Å². The van der Waals surface area contributed by atoms with Gasteiger partial charge in [-0.05, 0) is 18.6 Å². The molecule has 0 fully saturated rings. The van der Waals surface area contributed by atoms with Crippen LogP contribution in [0.4, 0.5) is 5.69 Å².